The van der Waals surface area contributed by atoms with Crippen molar-refractivity contribution in [3.63, 3.8) is 0 Å². The van der Waals surface area contributed by atoms with E-state index in [1.807, 2.05) is 0 Å². The average Bonchev–Trinajstić information content (AvgIpc) is 1.82. The Morgan fingerprint density at radius 1 is 1.00 bits per heavy atom. The second-order valence-electron chi connectivity index (χ2n) is 1.97. The first-order valence-electron chi connectivity index (χ1n) is 2.68. The lowest BCUT2D eigenvalue weighted by molar-refractivity contribution is 1.36. The number of nitrogens with two attached hydrogens (primary N) is 2. The summed E-state index contributed by atoms with van der Waals surface area (Å²) in [4.78, 5) is 1.45. The summed E-state index contributed by atoms with van der Waals surface area (Å²) >= 11 is 8.17. The number of anilines is 2. The molecule has 1 aromatic rings. The van der Waals surface area contributed by atoms with E-state index in [9.17, 15) is 0 Å². The van der Waals surface area contributed by atoms with Gasteiger partial charge in [-0.25, -0.2) is 0 Å². The van der Waals surface area contributed by atoms with Gasteiger partial charge in [-0.15, -0.1) is 50.1 Å². The van der Waals surface area contributed by atoms with Gasteiger partial charge in [-0.3, -0.25) is 0 Å². The van der Waals surface area contributed by atoms with Gasteiger partial charge in [0.25, 0.3) is 0 Å². The molecule has 4 N–H and O–H groups in total. The van der Waals surface area contributed by atoms with Crippen LogP contribution in [0.15, 0.2) is 21.9 Å². The molecule has 12 heavy (non-hydrogen) atoms. The van der Waals surface area contributed by atoms with Crippen LogP contribution in [0.5, 0.6) is 0 Å². The number of thiol groups is 2. The highest BCUT2D eigenvalue weighted by atomic mass is 35.5. The fourth-order valence-electron chi connectivity index (χ4n) is 0.644. The van der Waals surface area contributed by atoms with E-state index in [1.165, 1.54) is 0 Å². The van der Waals surface area contributed by atoms with Crippen LogP contribution in [-0.4, -0.2) is 0 Å². The Bertz CT molecular complexity index is 245. The first kappa shape index (κ1) is 14.6. The molecule has 0 bridgehead atoms. The maximum absolute atomic E-state index is 5.52. The minimum Gasteiger partial charge on any atom is -0.397 e. The molecule has 0 amide bonds. The molecular formula is C6H10Cl2N2S2. The summed E-state index contributed by atoms with van der Waals surface area (Å²) in [5.41, 5.74) is 12.1. The molecule has 0 spiro atoms. The zero-order valence-electron chi connectivity index (χ0n) is 6.02. The zero-order chi connectivity index (χ0) is 7.72. The number of nitrogen functional groups attached to an aromatic ring is 2. The summed E-state index contributed by atoms with van der Waals surface area (Å²) in [5, 5.41) is 0. The maximum Gasteiger partial charge on any atom is 0.0684 e. The fourth-order valence-corrected chi connectivity index (χ4v) is 1.28. The number of benzene rings is 1. The zero-order valence-corrected chi connectivity index (χ0v) is 9.44. The molecular weight excluding hydrogens is 235 g/mol. The van der Waals surface area contributed by atoms with E-state index in [2.05, 4.69) is 25.3 Å². The highest BCUT2D eigenvalue weighted by molar-refractivity contribution is 7.81. The molecule has 0 aliphatic rings. The number of hydrogen-bond donors (Lipinski definition) is 4. The van der Waals surface area contributed by atoms with E-state index in [-0.39, 0.29) is 24.8 Å². The predicted octanol–water partition coefficient (Wildman–Crippen LogP) is 2.27. The Kier molecular flexibility index (Phi) is 6.94. The molecule has 0 heterocycles. The molecule has 1 aromatic carbocycles. The SMILES string of the molecule is Cl.Cl.Nc1cc(S)cc(S)c1N. The quantitative estimate of drug-likeness (QED) is 0.418. The Labute approximate surface area is 94.7 Å². The van der Waals surface area contributed by atoms with Crippen molar-refractivity contribution in [1.29, 1.82) is 0 Å². The van der Waals surface area contributed by atoms with Crippen molar-refractivity contribution in [2.45, 2.75) is 9.79 Å². The van der Waals surface area contributed by atoms with Crippen LogP contribution in [0.2, 0.25) is 0 Å². The van der Waals surface area contributed by atoms with Crippen molar-refractivity contribution in [2.24, 2.45) is 0 Å². The van der Waals surface area contributed by atoms with Gasteiger partial charge in [0.05, 0.1) is 11.4 Å². The number of rotatable bonds is 0. The molecule has 0 saturated carbocycles. The van der Waals surface area contributed by atoms with Crippen LogP contribution >= 0.6 is 50.1 Å². The molecule has 2 nitrogen and oxygen atoms in total. The topological polar surface area (TPSA) is 52.0 Å². The Morgan fingerprint density at radius 3 is 1.92 bits per heavy atom. The highest BCUT2D eigenvalue weighted by Gasteiger charge is 1.99. The van der Waals surface area contributed by atoms with E-state index in [0.717, 1.165) is 4.90 Å². The maximum atomic E-state index is 5.52. The van der Waals surface area contributed by atoms with Gasteiger partial charge in [-0.2, -0.15) is 0 Å². The molecule has 0 atom stereocenters. The number of halogens is 2. The van der Waals surface area contributed by atoms with Gasteiger partial charge in [0.15, 0.2) is 0 Å². The lowest BCUT2D eigenvalue weighted by Crippen LogP contribution is -1.95. The van der Waals surface area contributed by atoms with Crippen molar-refractivity contribution < 1.29 is 0 Å². The van der Waals surface area contributed by atoms with Crippen molar-refractivity contribution in [2.75, 3.05) is 11.5 Å². The minimum atomic E-state index is 0. The van der Waals surface area contributed by atoms with Crippen LogP contribution in [0, 0.1) is 0 Å². The van der Waals surface area contributed by atoms with Gasteiger partial charge in [0.1, 0.15) is 0 Å². The first-order chi connectivity index (χ1) is 4.61. The summed E-state index contributed by atoms with van der Waals surface area (Å²) in [5.74, 6) is 0. The molecule has 0 aromatic heterocycles. The van der Waals surface area contributed by atoms with Crippen molar-refractivity contribution in [1.82, 2.24) is 0 Å². The molecule has 0 aliphatic heterocycles. The van der Waals surface area contributed by atoms with Crippen LogP contribution < -0.4 is 11.5 Å². The van der Waals surface area contributed by atoms with Crippen LogP contribution in [0.3, 0.4) is 0 Å². The van der Waals surface area contributed by atoms with Crippen molar-refractivity contribution >= 4 is 61.4 Å². The normalized spacial score (nSPS) is 8.17. The van der Waals surface area contributed by atoms with E-state index in [1.54, 1.807) is 12.1 Å². The second kappa shape index (κ2) is 5.70. The molecule has 6 heteroatoms. The van der Waals surface area contributed by atoms with Gasteiger partial charge in [-0.1, -0.05) is 0 Å². The Balaban J connectivity index is 0. The van der Waals surface area contributed by atoms with Crippen molar-refractivity contribution in [3.05, 3.63) is 12.1 Å². The van der Waals surface area contributed by atoms with E-state index in [4.69, 9.17) is 11.5 Å². The second-order valence-corrected chi connectivity index (χ2v) is 2.97. The van der Waals surface area contributed by atoms with Gasteiger partial charge in [0.2, 0.25) is 0 Å². The molecule has 0 unspecified atom stereocenters. The molecule has 0 aliphatic carbocycles. The first-order valence-corrected chi connectivity index (χ1v) is 3.57. The summed E-state index contributed by atoms with van der Waals surface area (Å²) in [7, 11) is 0. The smallest absolute Gasteiger partial charge is 0.0684 e. The standard InChI is InChI=1S/C6H8N2S2.2ClH/c7-4-1-3(9)2-5(10)6(4)8;;/h1-2,9-10H,7-8H2;2*1H. The average molecular weight is 245 g/mol. The molecule has 0 radical (unpaired) electrons. The predicted molar refractivity (Wildman–Crippen MR) is 64.3 cm³/mol. The summed E-state index contributed by atoms with van der Waals surface area (Å²) < 4.78 is 0. The third kappa shape index (κ3) is 3.23. The molecule has 1 rings (SSSR count). The molecule has 0 saturated heterocycles. The van der Waals surface area contributed by atoms with E-state index >= 15 is 0 Å². The highest BCUT2D eigenvalue weighted by Crippen LogP contribution is 2.26. The minimum absolute atomic E-state index is 0. The van der Waals surface area contributed by atoms with Crippen LogP contribution in [0.25, 0.3) is 0 Å². The lowest BCUT2D eigenvalue weighted by atomic mass is 10.3. The van der Waals surface area contributed by atoms with Crippen LogP contribution in [0.4, 0.5) is 11.4 Å². The van der Waals surface area contributed by atoms with Gasteiger partial charge < -0.3 is 11.5 Å². The third-order valence-corrected chi connectivity index (χ3v) is 1.80. The van der Waals surface area contributed by atoms with Gasteiger partial charge >= 0.3 is 0 Å². The lowest BCUT2D eigenvalue weighted by Gasteiger charge is -2.03. The Hall–Kier alpha value is 0.1000. The van der Waals surface area contributed by atoms with Crippen LogP contribution in [-0.2, 0) is 0 Å². The van der Waals surface area contributed by atoms with Gasteiger partial charge in [-0.05, 0) is 12.1 Å². The van der Waals surface area contributed by atoms with E-state index < -0.39 is 0 Å². The van der Waals surface area contributed by atoms with Crippen LogP contribution in [0.1, 0.15) is 0 Å². The number of hydrogen-bond acceptors (Lipinski definition) is 4. The summed E-state index contributed by atoms with van der Waals surface area (Å²) in [6.07, 6.45) is 0. The largest absolute Gasteiger partial charge is 0.397 e. The monoisotopic (exact) mass is 244 g/mol. The summed E-state index contributed by atoms with van der Waals surface area (Å²) in [6.45, 7) is 0. The van der Waals surface area contributed by atoms with Gasteiger partial charge in [0, 0.05) is 9.79 Å². The third-order valence-electron chi connectivity index (χ3n) is 1.17. The summed E-state index contributed by atoms with van der Waals surface area (Å²) in [6, 6.07) is 3.44. The van der Waals surface area contributed by atoms with E-state index in [0.29, 0.717) is 16.3 Å². The van der Waals surface area contributed by atoms with Crippen molar-refractivity contribution in [3.8, 4) is 0 Å². The molecule has 70 valence electrons. The fraction of sp³-hybridized carbons (Fsp3) is 0. The Morgan fingerprint density at radius 2 is 1.50 bits per heavy atom. The molecule has 0 fully saturated rings.